The van der Waals surface area contributed by atoms with Gasteiger partial charge in [0.05, 0.1) is 16.8 Å². The first-order chi connectivity index (χ1) is 14.8. The summed E-state index contributed by atoms with van der Waals surface area (Å²) < 4.78 is 28.9. The quantitative estimate of drug-likeness (QED) is 0.499. The molecule has 3 aromatic rings. The molecule has 2 aromatic carbocycles. The number of rotatable bonds is 10. The maximum atomic E-state index is 12.8. The van der Waals surface area contributed by atoms with Gasteiger partial charge < -0.3 is 5.32 Å². The van der Waals surface area contributed by atoms with E-state index in [1.54, 1.807) is 33.4 Å². The number of hydrogen-bond donors (Lipinski definition) is 2. The molecule has 0 radical (unpaired) electrons. The average molecular weight is 445 g/mol. The lowest BCUT2D eigenvalue weighted by Crippen LogP contribution is -2.28. The number of amides is 1. The van der Waals surface area contributed by atoms with Crippen molar-refractivity contribution in [3.63, 3.8) is 0 Å². The second kappa shape index (κ2) is 9.93. The molecular formula is C22H28N4O4S. The number of carbonyl (C=O) groups excluding carboxylic acids is 1. The average Bonchev–Trinajstić information content (AvgIpc) is 3.03. The molecule has 0 saturated heterocycles. The Morgan fingerprint density at radius 3 is 2.10 bits per heavy atom. The number of aryl methyl sites for hydroxylation is 2. The largest absolute Gasteiger partial charge is 0.352 e. The van der Waals surface area contributed by atoms with E-state index < -0.39 is 10.0 Å². The fourth-order valence-corrected chi connectivity index (χ4v) is 4.25. The van der Waals surface area contributed by atoms with Gasteiger partial charge in [-0.2, -0.15) is 0 Å². The van der Waals surface area contributed by atoms with Crippen LogP contribution < -0.4 is 15.7 Å². The number of nitrogens with one attached hydrogen (secondary N) is 2. The second-order valence-electron chi connectivity index (χ2n) is 7.38. The molecule has 0 fully saturated rings. The monoisotopic (exact) mass is 444 g/mol. The molecule has 31 heavy (non-hydrogen) atoms. The number of sulfonamides is 1. The fraction of sp³-hybridized carbons (Fsp3) is 0.364. The maximum absolute atomic E-state index is 12.8. The van der Waals surface area contributed by atoms with Gasteiger partial charge in [-0.3, -0.25) is 13.9 Å². The number of benzene rings is 2. The lowest BCUT2D eigenvalue weighted by molar-refractivity contribution is -0.121. The predicted octanol–water partition coefficient (Wildman–Crippen LogP) is 1.97. The molecule has 1 amide bonds. The van der Waals surface area contributed by atoms with Gasteiger partial charge in [0.15, 0.2) is 0 Å². The van der Waals surface area contributed by atoms with Crippen LogP contribution in [0.15, 0.2) is 53.3 Å². The highest BCUT2D eigenvalue weighted by atomic mass is 32.2. The van der Waals surface area contributed by atoms with Crippen LogP contribution in [-0.2, 0) is 40.2 Å². The summed E-state index contributed by atoms with van der Waals surface area (Å²) in [5, 5.41) is 2.86. The van der Waals surface area contributed by atoms with Gasteiger partial charge in [0.1, 0.15) is 0 Å². The van der Waals surface area contributed by atoms with Gasteiger partial charge in [-0.1, -0.05) is 43.3 Å². The minimum atomic E-state index is -3.32. The van der Waals surface area contributed by atoms with Crippen LogP contribution in [0.25, 0.3) is 11.0 Å². The minimum Gasteiger partial charge on any atom is -0.352 e. The maximum Gasteiger partial charge on any atom is 0.329 e. The molecule has 3 rings (SSSR count). The summed E-state index contributed by atoms with van der Waals surface area (Å²) in [6.45, 7) is 3.31. The van der Waals surface area contributed by atoms with Gasteiger partial charge in [-0.25, -0.2) is 17.9 Å². The van der Waals surface area contributed by atoms with Gasteiger partial charge in [-0.05, 0) is 36.7 Å². The highest BCUT2D eigenvalue weighted by Gasteiger charge is 2.13. The van der Waals surface area contributed by atoms with E-state index in [1.807, 2.05) is 31.2 Å². The van der Waals surface area contributed by atoms with Crippen molar-refractivity contribution >= 4 is 27.0 Å². The van der Waals surface area contributed by atoms with Crippen LogP contribution in [0.4, 0.5) is 0 Å². The lowest BCUT2D eigenvalue weighted by atomic mass is 10.1. The lowest BCUT2D eigenvalue weighted by Gasteiger charge is -2.08. The van der Waals surface area contributed by atoms with Gasteiger partial charge in [-0.15, -0.1) is 0 Å². The van der Waals surface area contributed by atoms with Crippen molar-refractivity contribution in [2.75, 3.05) is 7.05 Å². The van der Waals surface area contributed by atoms with Crippen molar-refractivity contribution in [1.29, 1.82) is 0 Å². The zero-order valence-electron chi connectivity index (χ0n) is 17.8. The van der Waals surface area contributed by atoms with E-state index in [2.05, 4.69) is 10.0 Å². The molecule has 0 spiro atoms. The fourth-order valence-electron chi connectivity index (χ4n) is 3.48. The van der Waals surface area contributed by atoms with Crippen LogP contribution in [0.5, 0.6) is 0 Å². The molecule has 0 atom stereocenters. The first-order valence-corrected chi connectivity index (χ1v) is 11.9. The molecule has 1 aromatic heterocycles. The van der Waals surface area contributed by atoms with Crippen LogP contribution in [-0.4, -0.2) is 30.5 Å². The third-order valence-electron chi connectivity index (χ3n) is 5.12. The van der Waals surface area contributed by atoms with E-state index in [0.29, 0.717) is 25.2 Å². The smallest absolute Gasteiger partial charge is 0.329 e. The van der Waals surface area contributed by atoms with E-state index in [-0.39, 0.29) is 23.8 Å². The normalized spacial score (nSPS) is 11.7. The number of hydrogen-bond acceptors (Lipinski definition) is 4. The molecule has 2 N–H and O–H groups in total. The highest BCUT2D eigenvalue weighted by Crippen LogP contribution is 2.14. The zero-order valence-corrected chi connectivity index (χ0v) is 18.6. The van der Waals surface area contributed by atoms with E-state index in [9.17, 15) is 18.0 Å². The summed E-state index contributed by atoms with van der Waals surface area (Å²) in [6.07, 6.45) is 1.05. The van der Waals surface area contributed by atoms with Crippen molar-refractivity contribution in [1.82, 2.24) is 19.2 Å². The third kappa shape index (κ3) is 5.62. The molecule has 0 unspecified atom stereocenters. The Kier molecular flexibility index (Phi) is 7.29. The molecule has 8 nitrogen and oxygen atoms in total. The van der Waals surface area contributed by atoms with Crippen LogP contribution in [0.3, 0.4) is 0 Å². The topological polar surface area (TPSA) is 102 Å². The van der Waals surface area contributed by atoms with Gasteiger partial charge in [0, 0.05) is 26.1 Å². The van der Waals surface area contributed by atoms with Gasteiger partial charge in [0.2, 0.25) is 15.9 Å². The molecule has 0 bridgehead atoms. The van der Waals surface area contributed by atoms with Crippen molar-refractivity contribution in [3.05, 3.63) is 70.1 Å². The third-order valence-corrected chi connectivity index (χ3v) is 6.45. The van der Waals surface area contributed by atoms with Gasteiger partial charge >= 0.3 is 5.69 Å². The number of carbonyl (C=O) groups is 1. The highest BCUT2D eigenvalue weighted by molar-refractivity contribution is 7.88. The summed E-state index contributed by atoms with van der Waals surface area (Å²) in [4.78, 5) is 25.1. The Morgan fingerprint density at radius 2 is 1.52 bits per heavy atom. The zero-order chi connectivity index (χ0) is 22.4. The van der Waals surface area contributed by atoms with Crippen molar-refractivity contribution in [2.24, 2.45) is 0 Å². The predicted molar refractivity (Wildman–Crippen MR) is 121 cm³/mol. The SMILES string of the molecule is CCCn1c(=O)n(CCC(=O)NCc2ccc(CS(=O)(=O)NC)cc2)c2ccccc21. The van der Waals surface area contributed by atoms with Crippen molar-refractivity contribution in [2.45, 2.75) is 45.2 Å². The molecule has 9 heteroatoms. The number of fused-ring (bicyclic) bond motifs is 1. The van der Waals surface area contributed by atoms with Crippen LogP contribution in [0.1, 0.15) is 30.9 Å². The summed E-state index contributed by atoms with van der Waals surface area (Å²) >= 11 is 0. The number of aromatic nitrogens is 2. The van der Waals surface area contributed by atoms with E-state index in [1.165, 1.54) is 7.05 Å². The number of nitrogens with zero attached hydrogens (tertiary/aromatic N) is 2. The van der Waals surface area contributed by atoms with Crippen LogP contribution in [0, 0.1) is 0 Å². The number of para-hydroxylation sites is 2. The minimum absolute atomic E-state index is 0.0868. The molecule has 0 aliphatic rings. The van der Waals surface area contributed by atoms with Crippen molar-refractivity contribution in [3.8, 4) is 0 Å². The van der Waals surface area contributed by atoms with Gasteiger partial charge in [0.25, 0.3) is 0 Å². The summed E-state index contributed by atoms with van der Waals surface area (Å²) in [5.74, 6) is -0.239. The molecule has 0 saturated carbocycles. The molecule has 0 aliphatic heterocycles. The Balaban J connectivity index is 1.59. The molecule has 1 heterocycles. The summed E-state index contributed by atoms with van der Waals surface area (Å²) in [5.41, 5.74) is 3.17. The van der Waals surface area contributed by atoms with E-state index >= 15 is 0 Å². The Labute approximate surface area is 181 Å². The molecule has 0 aliphatic carbocycles. The second-order valence-corrected chi connectivity index (χ2v) is 9.31. The van der Waals surface area contributed by atoms with Crippen molar-refractivity contribution < 1.29 is 13.2 Å². The molecular weight excluding hydrogens is 416 g/mol. The Hall–Kier alpha value is -2.91. The molecule has 166 valence electrons. The summed E-state index contributed by atoms with van der Waals surface area (Å²) in [6, 6.07) is 14.7. The number of imidazole rings is 1. The van der Waals surface area contributed by atoms with E-state index in [4.69, 9.17) is 0 Å². The Morgan fingerprint density at radius 1 is 0.935 bits per heavy atom. The van der Waals surface area contributed by atoms with Crippen LogP contribution in [0.2, 0.25) is 0 Å². The van der Waals surface area contributed by atoms with Crippen LogP contribution >= 0.6 is 0 Å². The summed E-state index contributed by atoms with van der Waals surface area (Å²) in [7, 11) is -1.93. The Bertz CT molecular complexity index is 1210. The van der Waals surface area contributed by atoms with E-state index in [0.717, 1.165) is 23.0 Å². The first kappa shape index (κ1) is 22.8. The standard InChI is InChI=1S/C22H28N4O4S/c1-3-13-25-19-6-4-5-7-20(19)26(22(25)28)14-12-21(27)24-15-17-8-10-18(11-9-17)16-31(29,30)23-2/h4-11,23H,3,12-16H2,1-2H3,(H,24,27). The first-order valence-electron chi connectivity index (χ1n) is 10.3.